The van der Waals surface area contributed by atoms with Crippen molar-refractivity contribution in [1.29, 1.82) is 0 Å². The first kappa shape index (κ1) is 17.5. The zero-order chi connectivity index (χ0) is 15.8. The molecule has 2 N–H and O–H groups in total. The summed E-state index contributed by atoms with van der Waals surface area (Å²) in [6.07, 6.45) is 0.836. The van der Waals surface area contributed by atoms with Gasteiger partial charge in [-0.1, -0.05) is 44.2 Å². The van der Waals surface area contributed by atoms with Crippen LogP contribution >= 0.6 is 0 Å². The molecule has 21 heavy (non-hydrogen) atoms. The molecule has 0 aliphatic rings. The quantitative estimate of drug-likeness (QED) is 0.811. The molecule has 0 aromatic heterocycles. The van der Waals surface area contributed by atoms with Gasteiger partial charge in [0.2, 0.25) is 0 Å². The van der Waals surface area contributed by atoms with Gasteiger partial charge in [0.05, 0.1) is 0 Å². The first-order valence-corrected chi connectivity index (χ1v) is 7.64. The second-order valence-electron chi connectivity index (χ2n) is 6.30. The number of rotatable bonds is 7. The van der Waals surface area contributed by atoms with E-state index < -0.39 is 0 Å². The Morgan fingerprint density at radius 1 is 1.10 bits per heavy atom. The minimum atomic E-state index is -0.0843. The lowest BCUT2D eigenvalue weighted by atomic mass is 10.1. The Morgan fingerprint density at radius 2 is 1.71 bits per heavy atom. The van der Waals surface area contributed by atoms with Crippen molar-refractivity contribution in [1.82, 2.24) is 15.5 Å². The summed E-state index contributed by atoms with van der Waals surface area (Å²) >= 11 is 0. The van der Waals surface area contributed by atoms with Crippen LogP contribution in [-0.4, -0.2) is 43.7 Å². The van der Waals surface area contributed by atoms with Crippen LogP contribution in [0.25, 0.3) is 0 Å². The fourth-order valence-electron chi connectivity index (χ4n) is 2.10. The zero-order valence-electron chi connectivity index (χ0n) is 13.9. The number of urea groups is 1. The van der Waals surface area contributed by atoms with E-state index in [0.29, 0.717) is 5.92 Å². The molecule has 0 bridgehead atoms. The van der Waals surface area contributed by atoms with Crippen LogP contribution in [0.5, 0.6) is 0 Å². The number of carbonyl (C=O) groups is 1. The average Bonchev–Trinajstić information content (AvgIpc) is 2.38. The minimum Gasteiger partial charge on any atom is -0.335 e. The van der Waals surface area contributed by atoms with Crippen LogP contribution in [0.3, 0.4) is 0 Å². The van der Waals surface area contributed by atoms with Gasteiger partial charge < -0.3 is 15.5 Å². The van der Waals surface area contributed by atoms with Crippen LogP contribution < -0.4 is 10.6 Å². The van der Waals surface area contributed by atoms with Crippen LogP contribution in [0.15, 0.2) is 30.3 Å². The SMILES string of the molecule is CC(C)C(C)NC(=O)NC(Cc1ccccc1)CN(C)C. The number of nitrogens with one attached hydrogen (secondary N) is 2. The standard InChI is InChI=1S/C17H29N3O/c1-13(2)14(3)18-17(21)19-16(12-20(4)5)11-15-9-7-6-8-10-15/h6-10,13-14,16H,11-12H2,1-5H3,(H2,18,19,21). The lowest BCUT2D eigenvalue weighted by molar-refractivity contribution is 0.226. The highest BCUT2D eigenvalue weighted by Gasteiger charge is 2.16. The number of hydrogen-bond donors (Lipinski definition) is 2. The van der Waals surface area contributed by atoms with Gasteiger partial charge in [-0.15, -0.1) is 0 Å². The largest absolute Gasteiger partial charge is 0.335 e. The maximum atomic E-state index is 12.1. The molecule has 0 radical (unpaired) electrons. The molecule has 0 fully saturated rings. The van der Waals surface area contributed by atoms with Gasteiger partial charge in [-0.2, -0.15) is 0 Å². The van der Waals surface area contributed by atoms with Crippen molar-refractivity contribution >= 4 is 6.03 Å². The van der Waals surface area contributed by atoms with Crippen molar-refractivity contribution < 1.29 is 4.79 Å². The minimum absolute atomic E-state index is 0.0843. The van der Waals surface area contributed by atoms with Crippen molar-refractivity contribution in [2.45, 2.75) is 39.3 Å². The summed E-state index contributed by atoms with van der Waals surface area (Å²) < 4.78 is 0. The van der Waals surface area contributed by atoms with Crippen molar-refractivity contribution in [3.63, 3.8) is 0 Å². The van der Waals surface area contributed by atoms with E-state index in [2.05, 4.69) is 41.5 Å². The molecule has 118 valence electrons. The second kappa shape index (κ2) is 8.67. The van der Waals surface area contributed by atoms with Gasteiger partial charge in [0.15, 0.2) is 0 Å². The van der Waals surface area contributed by atoms with Crippen LogP contribution in [-0.2, 0) is 6.42 Å². The number of carbonyl (C=O) groups excluding carboxylic acids is 1. The highest BCUT2D eigenvalue weighted by Crippen LogP contribution is 2.05. The molecule has 0 saturated carbocycles. The number of likely N-dealkylation sites (N-methyl/N-ethyl adjacent to an activating group) is 1. The van der Waals surface area contributed by atoms with Crippen molar-refractivity contribution in [3.05, 3.63) is 35.9 Å². The number of hydrogen-bond acceptors (Lipinski definition) is 2. The third kappa shape index (κ3) is 7.14. The summed E-state index contributed by atoms with van der Waals surface area (Å²) in [5, 5.41) is 6.09. The molecule has 2 unspecified atom stereocenters. The van der Waals surface area contributed by atoms with E-state index in [1.807, 2.05) is 39.2 Å². The third-order valence-electron chi connectivity index (χ3n) is 3.60. The Morgan fingerprint density at radius 3 is 2.24 bits per heavy atom. The number of amides is 2. The number of benzene rings is 1. The van der Waals surface area contributed by atoms with E-state index in [1.165, 1.54) is 5.56 Å². The Bertz CT molecular complexity index is 417. The first-order chi connectivity index (χ1) is 9.88. The summed E-state index contributed by atoms with van der Waals surface area (Å²) in [7, 11) is 4.04. The highest BCUT2D eigenvalue weighted by molar-refractivity contribution is 5.74. The van der Waals surface area contributed by atoms with Gasteiger partial charge in [-0.05, 0) is 38.9 Å². The third-order valence-corrected chi connectivity index (χ3v) is 3.60. The van der Waals surface area contributed by atoms with Crippen LogP contribution in [0, 0.1) is 5.92 Å². The summed E-state index contributed by atoms with van der Waals surface area (Å²) in [4.78, 5) is 14.2. The van der Waals surface area contributed by atoms with E-state index in [0.717, 1.165) is 13.0 Å². The highest BCUT2D eigenvalue weighted by atomic mass is 16.2. The molecule has 0 aliphatic heterocycles. The zero-order valence-corrected chi connectivity index (χ0v) is 13.9. The van der Waals surface area contributed by atoms with Gasteiger partial charge in [-0.25, -0.2) is 4.79 Å². The van der Waals surface area contributed by atoms with Gasteiger partial charge in [0, 0.05) is 18.6 Å². The topological polar surface area (TPSA) is 44.4 Å². The molecule has 2 amide bonds. The molecular formula is C17H29N3O. The Balaban J connectivity index is 2.59. The van der Waals surface area contributed by atoms with Gasteiger partial charge in [-0.3, -0.25) is 0 Å². The predicted octanol–water partition coefficient (Wildman–Crippen LogP) is 2.50. The Labute approximate surface area is 128 Å². The second-order valence-corrected chi connectivity index (χ2v) is 6.30. The maximum absolute atomic E-state index is 12.1. The molecule has 0 spiro atoms. The Hall–Kier alpha value is -1.55. The number of nitrogens with zero attached hydrogens (tertiary/aromatic N) is 1. The molecule has 0 heterocycles. The molecule has 4 nitrogen and oxygen atoms in total. The van der Waals surface area contributed by atoms with Crippen LogP contribution in [0.1, 0.15) is 26.3 Å². The molecule has 1 rings (SSSR count). The first-order valence-electron chi connectivity index (χ1n) is 7.64. The van der Waals surface area contributed by atoms with Gasteiger partial charge in [0.1, 0.15) is 0 Å². The molecule has 4 heteroatoms. The fraction of sp³-hybridized carbons (Fsp3) is 0.588. The van der Waals surface area contributed by atoms with E-state index in [1.54, 1.807) is 0 Å². The smallest absolute Gasteiger partial charge is 0.315 e. The fourth-order valence-corrected chi connectivity index (χ4v) is 2.10. The normalized spacial score (nSPS) is 14.0. The van der Waals surface area contributed by atoms with E-state index in [4.69, 9.17) is 0 Å². The van der Waals surface area contributed by atoms with Crippen molar-refractivity contribution in [3.8, 4) is 0 Å². The van der Waals surface area contributed by atoms with E-state index >= 15 is 0 Å². The predicted molar refractivity (Wildman–Crippen MR) is 88.5 cm³/mol. The van der Waals surface area contributed by atoms with Crippen LogP contribution in [0.2, 0.25) is 0 Å². The summed E-state index contributed by atoms with van der Waals surface area (Å²) in [6.45, 7) is 7.05. The lowest BCUT2D eigenvalue weighted by Crippen LogP contribution is -2.50. The van der Waals surface area contributed by atoms with Gasteiger partial charge in [0.25, 0.3) is 0 Å². The van der Waals surface area contributed by atoms with E-state index in [9.17, 15) is 4.79 Å². The van der Waals surface area contributed by atoms with E-state index in [-0.39, 0.29) is 18.1 Å². The molecule has 1 aromatic rings. The maximum Gasteiger partial charge on any atom is 0.315 e. The lowest BCUT2D eigenvalue weighted by Gasteiger charge is -2.25. The molecule has 1 aromatic carbocycles. The summed E-state index contributed by atoms with van der Waals surface area (Å²) in [6, 6.07) is 10.4. The summed E-state index contributed by atoms with van der Waals surface area (Å²) in [5.41, 5.74) is 1.24. The molecule has 0 saturated heterocycles. The van der Waals surface area contributed by atoms with Gasteiger partial charge >= 0.3 is 6.03 Å². The van der Waals surface area contributed by atoms with Crippen molar-refractivity contribution in [2.75, 3.05) is 20.6 Å². The summed E-state index contributed by atoms with van der Waals surface area (Å²) in [5.74, 6) is 0.428. The van der Waals surface area contributed by atoms with Crippen LogP contribution in [0.4, 0.5) is 4.79 Å². The monoisotopic (exact) mass is 291 g/mol. The van der Waals surface area contributed by atoms with Crippen molar-refractivity contribution in [2.24, 2.45) is 5.92 Å². The average molecular weight is 291 g/mol. The molecular weight excluding hydrogens is 262 g/mol. The molecule has 2 atom stereocenters. The Kier molecular flexibility index (Phi) is 7.23. The molecule has 0 aliphatic carbocycles.